The zero-order valence-corrected chi connectivity index (χ0v) is 8.45. The summed E-state index contributed by atoms with van der Waals surface area (Å²) in [5.41, 5.74) is 0.466. The number of rotatable bonds is 2. The highest BCUT2D eigenvalue weighted by atomic mass is 79.9. The van der Waals surface area contributed by atoms with E-state index in [0.717, 1.165) is 5.33 Å². The van der Waals surface area contributed by atoms with E-state index in [9.17, 15) is 0 Å². The summed E-state index contributed by atoms with van der Waals surface area (Å²) in [4.78, 5) is 2.56. The molecule has 0 atom stereocenters. The summed E-state index contributed by atoms with van der Waals surface area (Å²) in [5.74, 6) is 0. The smallest absolute Gasteiger partial charge is 0.0159 e. The van der Waals surface area contributed by atoms with Crippen molar-refractivity contribution in [2.45, 2.75) is 32.2 Å². The van der Waals surface area contributed by atoms with Gasteiger partial charge in [-0.25, -0.2) is 0 Å². The van der Waals surface area contributed by atoms with Gasteiger partial charge < -0.3 is 0 Å². The Labute approximate surface area is 71.9 Å². The van der Waals surface area contributed by atoms with Gasteiger partial charge in [-0.3, -0.25) is 4.90 Å². The third kappa shape index (κ3) is 1.73. The number of hydrogen-bond donors (Lipinski definition) is 0. The van der Waals surface area contributed by atoms with Crippen molar-refractivity contribution in [1.82, 2.24) is 4.90 Å². The molecule has 0 bridgehead atoms. The highest BCUT2D eigenvalue weighted by Crippen LogP contribution is 2.27. The fourth-order valence-corrected chi connectivity index (χ4v) is 2.11. The lowest BCUT2D eigenvalue weighted by Crippen LogP contribution is -2.39. The van der Waals surface area contributed by atoms with E-state index in [1.54, 1.807) is 0 Å². The fourth-order valence-electron chi connectivity index (χ4n) is 1.68. The maximum Gasteiger partial charge on any atom is 0.0159 e. The molecule has 60 valence electrons. The minimum atomic E-state index is 0.466. The molecule has 0 amide bonds. The molecule has 0 saturated carbocycles. The summed E-state index contributed by atoms with van der Waals surface area (Å²) in [6.07, 6.45) is 2.74. The van der Waals surface area contributed by atoms with E-state index in [1.807, 2.05) is 0 Å². The molecule has 0 spiro atoms. The quantitative estimate of drug-likeness (QED) is 0.626. The summed E-state index contributed by atoms with van der Waals surface area (Å²) >= 11 is 3.47. The van der Waals surface area contributed by atoms with Crippen LogP contribution in [0.2, 0.25) is 0 Å². The third-order valence-electron chi connectivity index (χ3n) is 2.43. The maximum absolute atomic E-state index is 3.47. The predicted octanol–water partition coefficient (Wildman–Crippen LogP) is 2.26. The van der Waals surface area contributed by atoms with E-state index in [1.165, 1.54) is 25.9 Å². The highest BCUT2D eigenvalue weighted by Gasteiger charge is 2.30. The first-order chi connectivity index (χ1) is 4.67. The highest BCUT2D eigenvalue weighted by molar-refractivity contribution is 9.09. The Kier molecular flexibility index (Phi) is 2.75. The Morgan fingerprint density at radius 2 is 2.20 bits per heavy atom. The van der Waals surface area contributed by atoms with Crippen LogP contribution in [0.3, 0.4) is 0 Å². The lowest BCUT2D eigenvalue weighted by molar-refractivity contribution is 0.187. The molecular formula is C8H16BrN. The lowest BCUT2D eigenvalue weighted by atomic mass is 10.0. The van der Waals surface area contributed by atoms with E-state index in [-0.39, 0.29) is 0 Å². The van der Waals surface area contributed by atoms with Crippen LogP contribution in [0.25, 0.3) is 0 Å². The van der Waals surface area contributed by atoms with Gasteiger partial charge in [0.1, 0.15) is 0 Å². The molecule has 1 nitrogen and oxygen atoms in total. The molecule has 1 rings (SSSR count). The SMILES string of the molecule is CC1(C)CCCN1CCBr. The maximum atomic E-state index is 3.47. The van der Waals surface area contributed by atoms with Crippen molar-refractivity contribution < 1.29 is 0 Å². The van der Waals surface area contributed by atoms with Crippen LogP contribution in [-0.2, 0) is 0 Å². The minimum absolute atomic E-state index is 0.466. The minimum Gasteiger partial charge on any atom is -0.297 e. The van der Waals surface area contributed by atoms with Crippen LogP contribution in [0.1, 0.15) is 26.7 Å². The Balaban J connectivity index is 2.43. The van der Waals surface area contributed by atoms with Gasteiger partial charge in [-0.2, -0.15) is 0 Å². The fraction of sp³-hybridized carbons (Fsp3) is 1.00. The van der Waals surface area contributed by atoms with Gasteiger partial charge in [-0.15, -0.1) is 0 Å². The van der Waals surface area contributed by atoms with Crippen LogP contribution in [0, 0.1) is 0 Å². The zero-order valence-electron chi connectivity index (χ0n) is 6.86. The van der Waals surface area contributed by atoms with Crippen LogP contribution in [0.5, 0.6) is 0 Å². The Hall–Kier alpha value is 0.440. The largest absolute Gasteiger partial charge is 0.297 e. The second-order valence-corrected chi connectivity index (χ2v) is 4.39. The Morgan fingerprint density at radius 1 is 1.50 bits per heavy atom. The molecule has 2 heteroatoms. The molecular weight excluding hydrogens is 190 g/mol. The molecule has 10 heavy (non-hydrogen) atoms. The number of likely N-dealkylation sites (tertiary alicyclic amines) is 1. The van der Waals surface area contributed by atoms with Gasteiger partial charge in [0, 0.05) is 17.4 Å². The van der Waals surface area contributed by atoms with E-state index in [2.05, 4.69) is 34.7 Å². The standard InChI is InChI=1S/C8H16BrN/c1-8(2)4-3-6-10(8)7-5-9/h3-7H2,1-2H3. The summed E-state index contributed by atoms with van der Waals surface area (Å²) in [5, 5.41) is 1.11. The van der Waals surface area contributed by atoms with Gasteiger partial charge in [0.2, 0.25) is 0 Å². The van der Waals surface area contributed by atoms with Gasteiger partial charge in [0.05, 0.1) is 0 Å². The second kappa shape index (κ2) is 3.22. The van der Waals surface area contributed by atoms with Crippen molar-refractivity contribution in [3.05, 3.63) is 0 Å². The molecule has 1 saturated heterocycles. The first-order valence-electron chi connectivity index (χ1n) is 3.98. The summed E-state index contributed by atoms with van der Waals surface area (Å²) in [6.45, 7) is 7.16. The summed E-state index contributed by atoms with van der Waals surface area (Å²) in [6, 6.07) is 0. The lowest BCUT2D eigenvalue weighted by Gasteiger charge is -2.30. The summed E-state index contributed by atoms with van der Waals surface area (Å²) in [7, 11) is 0. The molecule has 0 aromatic rings. The van der Waals surface area contributed by atoms with E-state index in [0.29, 0.717) is 5.54 Å². The zero-order chi connectivity index (χ0) is 7.61. The first kappa shape index (κ1) is 8.54. The van der Waals surface area contributed by atoms with E-state index >= 15 is 0 Å². The topological polar surface area (TPSA) is 3.24 Å². The molecule has 0 aromatic heterocycles. The van der Waals surface area contributed by atoms with Gasteiger partial charge in [0.15, 0.2) is 0 Å². The second-order valence-electron chi connectivity index (χ2n) is 3.59. The predicted molar refractivity (Wildman–Crippen MR) is 48.7 cm³/mol. The van der Waals surface area contributed by atoms with Gasteiger partial charge in [-0.05, 0) is 33.2 Å². The van der Waals surface area contributed by atoms with Crippen LogP contribution in [-0.4, -0.2) is 28.9 Å². The molecule has 0 aliphatic carbocycles. The average Bonchev–Trinajstić information content (AvgIpc) is 2.13. The molecule has 1 aliphatic rings. The van der Waals surface area contributed by atoms with Crippen molar-refractivity contribution in [1.29, 1.82) is 0 Å². The molecule has 0 radical (unpaired) electrons. The van der Waals surface area contributed by atoms with Crippen LogP contribution < -0.4 is 0 Å². The van der Waals surface area contributed by atoms with Gasteiger partial charge in [-0.1, -0.05) is 15.9 Å². The van der Waals surface area contributed by atoms with Crippen molar-refractivity contribution in [2.24, 2.45) is 0 Å². The number of hydrogen-bond acceptors (Lipinski definition) is 1. The van der Waals surface area contributed by atoms with Gasteiger partial charge in [0.25, 0.3) is 0 Å². The monoisotopic (exact) mass is 205 g/mol. The van der Waals surface area contributed by atoms with Crippen LogP contribution in [0.4, 0.5) is 0 Å². The molecule has 1 aliphatic heterocycles. The van der Waals surface area contributed by atoms with Crippen molar-refractivity contribution in [2.75, 3.05) is 18.4 Å². The summed E-state index contributed by atoms with van der Waals surface area (Å²) < 4.78 is 0. The molecule has 0 N–H and O–H groups in total. The van der Waals surface area contributed by atoms with E-state index < -0.39 is 0 Å². The third-order valence-corrected chi connectivity index (χ3v) is 2.78. The van der Waals surface area contributed by atoms with Gasteiger partial charge >= 0.3 is 0 Å². The Bertz CT molecular complexity index is 112. The van der Waals surface area contributed by atoms with Crippen molar-refractivity contribution >= 4 is 15.9 Å². The average molecular weight is 206 g/mol. The van der Waals surface area contributed by atoms with Crippen molar-refractivity contribution in [3.8, 4) is 0 Å². The molecule has 0 unspecified atom stereocenters. The normalized spacial score (nSPS) is 25.5. The van der Waals surface area contributed by atoms with E-state index in [4.69, 9.17) is 0 Å². The Morgan fingerprint density at radius 3 is 2.60 bits per heavy atom. The number of alkyl halides is 1. The van der Waals surface area contributed by atoms with Crippen molar-refractivity contribution in [3.63, 3.8) is 0 Å². The number of nitrogens with zero attached hydrogens (tertiary/aromatic N) is 1. The molecule has 0 aromatic carbocycles. The number of halogens is 1. The van der Waals surface area contributed by atoms with Crippen LogP contribution >= 0.6 is 15.9 Å². The first-order valence-corrected chi connectivity index (χ1v) is 5.10. The van der Waals surface area contributed by atoms with Crippen LogP contribution in [0.15, 0.2) is 0 Å². The molecule has 1 heterocycles. The molecule has 1 fully saturated rings.